The van der Waals surface area contributed by atoms with E-state index in [4.69, 9.17) is 4.42 Å². The van der Waals surface area contributed by atoms with Crippen molar-refractivity contribution in [3.8, 4) is 0 Å². The number of hydrogen-bond acceptors (Lipinski definition) is 2. The van der Waals surface area contributed by atoms with E-state index in [0.717, 1.165) is 24.0 Å². The molecule has 0 spiro atoms. The van der Waals surface area contributed by atoms with Crippen molar-refractivity contribution in [1.82, 2.24) is 5.32 Å². The van der Waals surface area contributed by atoms with Crippen LogP contribution < -0.4 is 5.32 Å². The van der Waals surface area contributed by atoms with Gasteiger partial charge in [0.15, 0.2) is 0 Å². The van der Waals surface area contributed by atoms with Crippen molar-refractivity contribution in [3.05, 3.63) is 22.6 Å². The molecule has 0 saturated heterocycles. The summed E-state index contributed by atoms with van der Waals surface area (Å²) < 4.78 is 5.71. The smallest absolute Gasteiger partial charge is 0.106 e. The Balaban J connectivity index is 2.31. The quantitative estimate of drug-likeness (QED) is 0.819. The highest BCUT2D eigenvalue weighted by molar-refractivity contribution is 5.35. The van der Waals surface area contributed by atoms with Crippen LogP contribution in [0.4, 0.5) is 0 Å². The maximum atomic E-state index is 5.71. The van der Waals surface area contributed by atoms with Gasteiger partial charge in [0.1, 0.15) is 11.5 Å². The first kappa shape index (κ1) is 10.7. The standard InChI is InChI=1S/C13H21NO/c1-5-14-13(11-6-7-11)12-8(2)9(3)15-10(12)4/h11,13-14H,5-7H2,1-4H3. The Morgan fingerprint density at radius 1 is 1.27 bits per heavy atom. The summed E-state index contributed by atoms with van der Waals surface area (Å²) >= 11 is 0. The van der Waals surface area contributed by atoms with Gasteiger partial charge in [-0.1, -0.05) is 6.92 Å². The highest BCUT2D eigenvalue weighted by Crippen LogP contribution is 2.43. The zero-order chi connectivity index (χ0) is 11.0. The van der Waals surface area contributed by atoms with Crippen LogP contribution in [0.3, 0.4) is 0 Å². The lowest BCUT2D eigenvalue weighted by atomic mass is 9.98. The second-order valence-corrected chi connectivity index (χ2v) is 4.63. The summed E-state index contributed by atoms with van der Waals surface area (Å²) in [7, 11) is 0. The van der Waals surface area contributed by atoms with Gasteiger partial charge in [0.2, 0.25) is 0 Å². The molecule has 1 unspecified atom stereocenters. The topological polar surface area (TPSA) is 25.2 Å². The average molecular weight is 207 g/mol. The summed E-state index contributed by atoms with van der Waals surface area (Å²) in [6.45, 7) is 9.52. The SMILES string of the molecule is CCNC(c1c(C)oc(C)c1C)C1CC1. The summed E-state index contributed by atoms with van der Waals surface area (Å²) in [6.07, 6.45) is 2.72. The van der Waals surface area contributed by atoms with Gasteiger partial charge in [-0.05, 0) is 51.6 Å². The van der Waals surface area contributed by atoms with Gasteiger partial charge in [-0.15, -0.1) is 0 Å². The van der Waals surface area contributed by atoms with Crippen LogP contribution in [-0.4, -0.2) is 6.54 Å². The molecule has 1 heterocycles. The van der Waals surface area contributed by atoms with Crippen LogP contribution in [-0.2, 0) is 0 Å². The summed E-state index contributed by atoms with van der Waals surface area (Å²) in [5, 5.41) is 3.60. The fraction of sp³-hybridized carbons (Fsp3) is 0.692. The highest BCUT2D eigenvalue weighted by Gasteiger charge is 2.34. The Labute approximate surface area is 92.1 Å². The Kier molecular flexibility index (Phi) is 2.87. The van der Waals surface area contributed by atoms with Crippen molar-refractivity contribution >= 4 is 0 Å². The lowest BCUT2D eigenvalue weighted by molar-refractivity contribution is 0.464. The summed E-state index contributed by atoms with van der Waals surface area (Å²) in [5.74, 6) is 3.01. The van der Waals surface area contributed by atoms with Crippen molar-refractivity contribution in [2.45, 2.75) is 46.6 Å². The van der Waals surface area contributed by atoms with Crippen LogP contribution in [0.1, 0.15) is 48.5 Å². The fourth-order valence-electron chi connectivity index (χ4n) is 2.42. The second-order valence-electron chi connectivity index (χ2n) is 4.63. The Morgan fingerprint density at radius 3 is 2.33 bits per heavy atom. The van der Waals surface area contributed by atoms with Gasteiger partial charge in [-0.3, -0.25) is 0 Å². The zero-order valence-electron chi connectivity index (χ0n) is 10.2. The molecule has 0 aliphatic heterocycles. The van der Waals surface area contributed by atoms with Crippen molar-refractivity contribution in [3.63, 3.8) is 0 Å². The Morgan fingerprint density at radius 2 is 1.93 bits per heavy atom. The molecule has 0 radical (unpaired) electrons. The van der Waals surface area contributed by atoms with E-state index in [1.165, 1.54) is 24.0 Å². The van der Waals surface area contributed by atoms with Crippen molar-refractivity contribution in [2.75, 3.05) is 6.54 Å². The lowest BCUT2D eigenvalue weighted by Crippen LogP contribution is -2.23. The summed E-state index contributed by atoms with van der Waals surface area (Å²) in [4.78, 5) is 0. The maximum absolute atomic E-state index is 5.71. The van der Waals surface area contributed by atoms with E-state index < -0.39 is 0 Å². The first-order chi connectivity index (χ1) is 7.15. The van der Waals surface area contributed by atoms with Gasteiger partial charge >= 0.3 is 0 Å². The van der Waals surface area contributed by atoms with Crippen LogP contribution >= 0.6 is 0 Å². The maximum Gasteiger partial charge on any atom is 0.106 e. The lowest BCUT2D eigenvalue weighted by Gasteiger charge is -2.17. The van der Waals surface area contributed by atoms with Gasteiger partial charge < -0.3 is 9.73 Å². The molecule has 15 heavy (non-hydrogen) atoms. The molecular weight excluding hydrogens is 186 g/mol. The van der Waals surface area contributed by atoms with Gasteiger partial charge in [-0.25, -0.2) is 0 Å². The molecule has 1 aliphatic carbocycles. The molecule has 2 heteroatoms. The minimum absolute atomic E-state index is 0.521. The molecule has 1 aromatic rings. The predicted molar refractivity (Wildman–Crippen MR) is 62.1 cm³/mol. The van der Waals surface area contributed by atoms with Crippen LogP contribution in [0.5, 0.6) is 0 Å². The molecule has 84 valence electrons. The molecule has 2 nitrogen and oxygen atoms in total. The number of furan rings is 1. The molecule has 1 aromatic heterocycles. The monoisotopic (exact) mass is 207 g/mol. The number of aryl methyl sites for hydroxylation is 2. The van der Waals surface area contributed by atoms with E-state index in [2.05, 4.69) is 33.0 Å². The molecule has 0 amide bonds. The molecule has 0 bridgehead atoms. The van der Waals surface area contributed by atoms with Gasteiger partial charge in [0.25, 0.3) is 0 Å². The van der Waals surface area contributed by atoms with Crippen molar-refractivity contribution in [2.24, 2.45) is 5.92 Å². The molecule has 1 aliphatic rings. The molecule has 1 saturated carbocycles. The number of hydrogen-bond donors (Lipinski definition) is 1. The van der Waals surface area contributed by atoms with E-state index in [1.54, 1.807) is 0 Å². The molecule has 2 rings (SSSR count). The number of nitrogens with one attached hydrogen (secondary N) is 1. The van der Waals surface area contributed by atoms with Crippen LogP contribution in [0.25, 0.3) is 0 Å². The molecule has 0 aromatic carbocycles. The largest absolute Gasteiger partial charge is 0.466 e. The first-order valence-electron chi connectivity index (χ1n) is 5.95. The van der Waals surface area contributed by atoms with E-state index >= 15 is 0 Å². The molecular formula is C13H21NO. The normalized spacial score (nSPS) is 18.1. The third kappa shape index (κ3) is 1.96. The third-order valence-corrected chi connectivity index (χ3v) is 3.45. The molecule has 1 atom stereocenters. The van der Waals surface area contributed by atoms with E-state index in [9.17, 15) is 0 Å². The van der Waals surface area contributed by atoms with Crippen molar-refractivity contribution < 1.29 is 4.42 Å². The molecule has 1 fully saturated rings. The van der Waals surface area contributed by atoms with Crippen molar-refractivity contribution in [1.29, 1.82) is 0 Å². The average Bonchev–Trinajstić information content (AvgIpc) is 2.96. The van der Waals surface area contributed by atoms with Gasteiger partial charge in [0, 0.05) is 11.6 Å². The molecule has 1 N–H and O–H groups in total. The predicted octanol–water partition coefficient (Wildman–Crippen LogP) is 3.27. The van der Waals surface area contributed by atoms with Gasteiger partial charge in [-0.2, -0.15) is 0 Å². The highest BCUT2D eigenvalue weighted by atomic mass is 16.3. The minimum atomic E-state index is 0.521. The van der Waals surface area contributed by atoms with Crippen LogP contribution in [0.2, 0.25) is 0 Å². The van der Waals surface area contributed by atoms with Crippen LogP contribution in [0, 0.1) is 26.7 Å². The Bertz CT molecular complexity index is 350. The second kappa shape index (κ2) is 4.01. The summed E-state index contributed by atoms with van der Waals surface area (Å²) in [5.41, 5.74) is 2.75. The zero-order valence-corrected chi connectivity index (χ0v) is 10.2. The van der Waals surface area contributed by atoms with E-state index in [-0.39, 0.29) is 0 Å². The van der Waals surface area contributed by atoms with Gasteiger partial charge in [0.05, 0.1) is 0 Å². The Hall–Kier alpha value is -0.760. The fourth-order valence-corrected chi connectivity index (χ4v) is 2.42. The van der Waals surface area contributed by atoms with E-state index in [1.807, 2.05) is 0 Å². The van der Waals surface area contributed by atoms with Crippen LogP contribution in [0.15, 0.2) is 4.42 Å². The third-order valence-electron chi connectivity index (χ3n) is 3.45. The first-order valence-corrected chi connectivity index (χ1v) is 5.95. The number of rotatable bonds is 4. The van der Waals surface area contributed by atoms with E-state index in [0.29, 0.717) is 6.04 Å². The summed E-state index contributed by atoms with van der Waals surface area (Å²) in [6, 6.07) is 0.521. The minimum Gasteiger partial charge on any atom is -0.466 e.